The van der Waals surface area contributed by atoms with Gasteiger partial charge in [-0.1, -0.05) is 56.0 Å². The number of aryl methyl sites for hydroxylation is 1. The molecule has 1 N–H and O–H groups in total. The van der Waals surface area contributed by atoms with Crippen molar-refractivity contribution in [2.24, 2.45) is 0 Å². The molecule has 1 atom stereocenters. The number of alkyl halides is 6. The van der Waals surface area contributed by atoms with Crippen LogP contribution in [0.5, 0.6) is 0 Å². The molecule has 172 valence electrons. The van der Waals surface area contributed by atoms with Gasteiger partial charge in [0.2, 0.25) is 0 Å². The van der Waals surface area contributed by atoms with Crippen LogP contribution in [0.15, 0.2) is 67.0 Å². The molecule has 0 spiro atoms. The number of rotatable bonds is 6. The summed E-state index contributed by atoms with van der Waals surface area (Å²) < 4.78 is 77.8. The Bertz CT molecular complexity index is 991. The van der Waals surface area contributed by atoms with Gasteiger partial charge in [0.05, 0.1) is 6.04 Å². The SMILES string of the molecule is C=C(Nc1ccc(C(C(F)(F)F)C(F)(F)F)cc1)C1c2ccc(C)cc2CN1C(=C)CC. The van der Waals surface area contributed by atoms with Crippen LogP contribution in [0, 0.1) is 6.92 Å². The molecule has 1 aliphatic rings. The van der Waals surface area contributed by atoms with Crippen LogP contribution >= 0.6 is 0 Å². The van der Waals surface area contributed by atoms with Gasteiger partial charge in [0.1, 0.15) is 0 Å². The summed E-state index contributed by atoms with van der Waals surface area (Å²) in [4.78, 5) is 2.09. The Balaban J connectivity index is 1.86. The molecule has 0 amide bonds. The topological polar surface area (TPSA) is 15.3 Å². The van der Waals surface area contributed by atoms with Crippen molar-refractivity contribution in [1.82, 2.24) is 4.90 Å². The molecule has 2 aromatic carbocycles. The second-order valence-corrected chi connectivity index (χ2v) is 7.94. The number of benzene rings is 2. The molecule has 0 aliphatic carbocycles. The highest BCUT2D eigenvalue weighted by Crippen LogP contribution is 2.46. The Morgan fingerprint density at radius 3 is 2.16 bits per heavy atom. The van der Waals surface area contributed by atoms with Crippen LogP contribution in [0.4, 0.5) is 32.0 Å². The maximum atomic E-state index is 13.0. The average Bonchev–Trinajstić information content (AvgIpc) is 3.05. The number of halogens is 6. The lowest BCUT2D eigenvalue weighted by molar-refractivity contribution is -0.253. The summed E-state index contributed by atoms with van der Waals surface area (Å²) in [5.41, 5.74) is 4.23. The zero-order valence-corrected chi connectivity index (χ0v) is 17.7. The summed E-state index contributed by atoms with van der Waals surface area (Å²) >= 11 is 0. The number of hydrogen-bond acceptors (Lipinski definition) is 2. The van der Waals surface area contributed by atoms with E-state index >= 15 is 0 Å². The van der Waals surface area contributed by atoms with Gasteiger partial charge in [-0.3, -0.25) is 0 Å². The van der Waals surface area contributed by atoms with Crippen LogP contribution < -0.4 is 5.32 Å². The van der Waals surface area contributed by atoms with Gasteiger partial charge in [-0.2, -0.15) is 26.3 Å². The second kappa shape index (κ2) is 8.56. The molecule has 0 saturated heterocycles. The Morgan fingerprint density at radius 2 is 1.62 bits per heavy atom. The number of hydrogen-bond donors (Lipinski definition) is 1. The molecule has 1 aliphatic heterocycles. The summed E-state index contributed by atoms with van der Waals surface area (Å²) in [6.45, 7) is 12.9. The largest absolute Gasteiger partial charge is 0.404 e. The van der Waals surface area contributed by atoms with Crippen molar-refractivity contribution >= 4 is 5.69 Å². The van der Waals surface area contributed by atoms with Gasteiger partial charge in [0.25, 0.3) is 0 Å². The van der Waals surface area contributed by atoms with Gasteiger partial charge >= 0.3 is 12.4 Å². The summed E-state index contributed by atoms with van der Waals surface area (Å²) in [5, 5.41) is 3.05. The minimum Gasteiger partial charge on any atom is -0.358 e. The van der Waals surface area contributed by atoms with E-state index in [9.17, 15) is 26.3 Å². The fourth-order valence-corrected chi connectivity index (χ4v) is 4.03. The highest BCUT2D eigenvalue weighted by Gasteiger charge is 2.57. The quantitative estimate of drug-likeness (QED) is 0.452. The molecule has 0 bridgehead atoms. The van der Waals surface area contributed by atoms with Crippen molar-refractivity contribution in [1.29, 1.82) is 0 Å². The summed E-state index contributed by atoms with van der Waals surface area (Å²) in [5.74, 6) is -3.53. The van der Waals surface area contributed by atoms with E-state index in [0.29, 0.717) is 17.9 Å². The van der Waals surface area contributed by atoms with Crippen molar-refractivity contribution in [2.75, 3.05) is 5.32 Å². The molecule has 0 aromatic heterocycles. The van der Waals surface area contributed by atoms with Crippen molar-refractivity contribution < 1.29 is 26.3 Å². The van der Waals surface area contributed by atoms with Crippen molar-refractivity contribution in [2.45, 2.75) is 51.1 Å². The van der Waals surface area contributed by atoms with Gasteiger partial charge in [-0.15, -0.1) is 0 Å². The first-order chi connectivity index (χ1) is 14.8. The fourth-order valence-electron chi connectivity index (χ4n) is 4.03. The number of allylic oxidation sites excluding steroid dienone is 1. The van der Waals surface area contributed by atoms with E-state index in [0.717, 1.165) is 40.9 Å². The van der Waals surface area contributed by atoms with Gasteiger partial charge in [-0.25, -0.2) is 0 Å². The van der Waals surface area contributed by atoms with Gasteiger partial charge in [0, 0.05) is 23.6 Å². The Hall–Kier alpha value is -2.90. The third kappa shape index (κ3) is 4.79. The smallest absolute Gasteiger partial charge is 0.358 e. The molecule has 2 nitrogen and oxygen atoms in total. The fraction of sp³-hybridized carbons (Fsp3) is 0.333. The zero-order chi connectivity index (χ0) is 23.8. The van der Waals surface area contributed by atoms with Gasteiger partial charge in [-0.05, 0) is 42.2 Å². The number of nitrogens with one attached hydrogen (secondary N) is 1. The summed E-state index contributed by atoms with van der Waals surface area (Å²) in [6, 6.07) is 9.92. The van der Waals surface area contributed by atoms with Crippen LogP contribution in [0.25, 0.3) is 0 Å². The Labute approximate surface area is 183 Å². The predicted octanol–water partition coefficient (Wildman–Crippen LogP) is 7.61. The third-order valence-corrected chi connectivity index (χ3v) is 5.59. The van der Waals surface area contributed by atoms with E-state index < -0.39 is 23.8 Å². The average molecular weight is 454 g/mol. The normalized spacial score (nSPS) is 16.3. The number of anilines is 1. The first-order valence-corrected chi connectivity index (χ1v) is 10.1. The van der Waals surface area contributed by atoms with E-state index in [1.807, 2.05) is 26.0 Å². The Kier molecular flexibility index (Phi) is 6.36. The predicted molar refractivity (Wildman–Crippen MR) is 113 cm³/mol. The highest BCUT2D eigenvalue weighted by atomic mass is 19.4. The van der Waals surface area contributed by atoms with Crippen LogP contribution in [0.3, 0.4) is 0 Å². The Morgan fingerprint density at radius 1 is 1.03 bits per heavy atom. The van der Waals surface area contributed by atoms with Gasteiger partial charge in [0.15, 0.2) is 5.92 Å². The van der Waals surface area contributed by atoms with Crippen LogP contribution in [-0.4, -0.2) is 17.3 Å². The summed E-state index contributed by atoms with van der Waals surface area (Å²) in [7, 11) is 0. The zero-order valence-electron chi connectivity index (χ0n) is 17.7. The van der Waals surface area contributed by atoms with Crippen molar-refractivity contribution in [3.05, 3.63) is 89.3 Å². The molecule has 0 fully saturated rings. The van der Waals surface area contributed by atoms with E-state index in [2.05, 4.69) is 29.4 Å². The first-order valence-electron chi connectivity index (χ1n) is 10.1. The standard InChI is InChI=1S/C24H24F6N2/c1-5-15(3)32-13-18-12-14(2)6-11-20(18)21(32)16(4)31-19-9-7-17(8-10-19)22(23(25,26)27)24(28,29)30/h6-12,21-22,31H,3-5,13H2,1-2H3. The lowest BCUT2D eigenvalue weighted by Crippen LogP contribution is -2.34. The maximum Gasteiger partial charge on any atom is 0.404 e. The van der Waals surface area contributed by atoms with Crippen LogP contribution in [0.2, 0.25) is 0 Å². The molecule has 32 heavy (non-hydrogen) atoms. The highest BCUT2D eigenvalue weighted by molar-refractivity contribution is 5.53. The molecule has 0 saturated carbocycles. The van der Waals surface area contributed by atoms with E-state index in [-0.39, 0.29) is 6.04 Å². The first kappa shape index (κ1) is 23.8. The molecule has 2 aromatic rings. The minimum atomic E-state index is -5.43. The molecule has 0 radical (unpaired) electrons. The third-order valence-electron chi connectivity index (χ3n) is 5.59. The van der Waals surface area contributed by atoms with E-state index in [4.69, 9.17) is 0 Å². The van der Waals surface area contributed by atoms with Crippen LogP contribution in [0.1, 0.15) is 47.6 Å². The molecule has 3 rings (SSSR count). The maximum absolute atomic E-state index is 13.0. The van der Waals surface area contributed by atoms with Crippen molar-refractivity contribution in [3.63, 3.8) is 0 Å². The molecule has 8 heteroatoms. The summed E-state index contributed by atoms with van der Waals surface area (Å²) in [6.07, 6.45) is -10.1. The molecule has 1 heterocycles. The second-order valence-electron chi connectivity index (χ2n) is 7.94. The van der Waals surface area contributed by atoms with E-state index in [1.54, 1.807) is 0 Å². The molecular formula is C24H24F6N2. The molecular weight excluding hydrogens is 430 g/mol. The number of nitrogens with zero attached hydrogens (tertiary/aromatic N) is 1. The molecule has 1 unspecified atom stereocenters. The lowest BCUT2D eigenvalue weighted by atomic mass is 9.97. The van der Waals surface area contributed by atoms with Gasteiger partial charge < -0.3 is 10.2 Å². The van der Waals surface area contributed by atoms with E-state index in [1.165, 1.54) is 12.1 Å². The minimum absolute atomic E-state index is 0.254. The number of fused-ring (bicyclic) bond motifs is 1. The van der Waals surface area contributed by atoms with Crippen molar-refractivity contribution in [3.8, 4) is 0 Å². The lowest BCUT2D eigenvalue weighted by Gasteiger charge is -2.30. The monoisotopic (exact) mass is 454 g/mol. The van der Waals surface area contributed by atoms with Crippen LogP contribution in [-0.2, 0) is 6.54 Å².